The van der Waals surface area contributed by atoms with Crippen molar-refractivity contribution in [2.45, 2.75) is 13.8 Å². The van der Waals surface area contributed by atoms with Gasteiger partial charge in [-0.25, -0.2) is 9.78 Å². The summed E-state index contributed by atoms with van der Waals surface area (Å²) in [6.45, 7) is 5.37. The molecule has 1 aromatic heterocycles. The number of carbonyl (C=O) groups excluding carboxylic acids is 2. The lowest BCUT2D eigenvalue weighted by atomic mass is 10.4. The van der Waals surface area contributed by atoms with Crippen molar-refractivity contribution in [2.24, 2.45) is 0 Å². The summed E-state index contributed by atoms with van der Waals surface area (Å²) >= 11 is 0. The number of nitrogens with zero attached hydrogens (tertiary/aromatic N) is 4. The number of esters is 1. The first kappa shape index (κ1) is 15.9. The third-order valence-electron chi connectivity index (χ3n) is 2.90. The van der Waals surface area contributed by atoms with Gasteiger partial charge in [0.2, 0.25) is 5.91 Å². The molecule has 1 heterocycles. The normalized spacial score (nSPS) is 10.0. The number of hydrogen-bond acceptors (Lipinski definition) is 6. The third kappa shape index (κ3) is 3.91. The van der Waals surface area contributed by atoms with Gasteiger partial charge in [0.15, 0.2) is 5.69 Å². The van der Waals surface area contributed by atoms with Crippen molar-refractivity contribution in [3.8, 4) is 0 Å². The fourth-order valence-electron chi connectivity index (χ4n) is 1.70. The van der Waals surface area contributed by atoms with Crippen molar-refractivity contribution in [1.82, 2.24) is 14.9 Å². The first-order chi connectivity index (χ1) is 9.53. The van der Waals surface area contributed by atoms with Crippen LogP contribution in [0.1, 0.15) is 24.3 Å². The van der Waals surface area contributed by atoms with Gasteiger partial charge in [0, 0.05) is 20.1 Å². The topological polar surface area (TPSA) is 75.6 Å². The Morgan fingerprint density at radius 1 is 1.25 bits per heavy atom. The lowest BCUT2D eigenvalue weighted by Gasteiger charge is -2.23. The predicted octanol–water partition coefficient (Wildman–Crippen LogP) is 0.568. The van der Waals surface area contributed by atoms with Crippen molar-refractivity contribution in [3.05, 3.63) is 18.1 Å². The number of carbonyl (C=O) groups is 2. The second-order valence-electron chi connectivity index (χ2n) is 4.18. The highest BCUT2D eigenvalue weighted by Crippen LogP contribution is 2.08. The van der Waals surface area contributed by atoms with E-state index in [2.05, 4.69) is 14.7 Å². The van der Waals surface area contributed by atoms with Crippen LogP contribution in [0.5, 0.6) is 0 Å². The lowest BCUT2D eigenvalue weighted by molar-refractivity contribution is -0.129. The SMILES string of the molecule is CCN(CC)C(=O)CN(C)c1cncc(C(=O)OC)n1. The largest absolute Gasteiger partial charge is 0.464 e. The summed E-state index contributed by atoms with van der Waals surface area (Å²) in [4.78, 5) is 34.8. The minimum absolute atomic E-state index is 0.00257. The van der Waals surface area contributed by atoms with Crippen LogP contribution in [0.4, 0.5) is 5.82 Å². The number of ether oxygens (including phenoxy) is 1. The molecule has 0 aromatic carbocycles. The first-order valence-corrected chi connectivity index (χ1v) is 6.42. The number of likely N-dealkylation sites (N-methyl/N-ethyl adjacent to an activating group) is 2. The Morgan fingerprint density at radius 3 is 2.45 bits per heavy atom. The molecule has 1 aromatic rings. The molecule has 0 aliphatic heterocycles. The molecular weight excluding hydrogens is 260 g/mol. The zero-order chi connectivity index (χ0) is 15.1. The number of anilines is 1. The zero-order valence-electron chi connectivity index (χ0n) is 12.3. The van der Waals surface area contributed by atoms with E-state index in [1.54, 1.807) is 16.8 Å². The average molecular weight is 280 g/mol. The minimum atomic E-state index is -0.553. The maximum atomic E-state index is 12.0. The van der Waals surface area contributed by atoms with E-state index < -0.39 is 5.97 Å². The second kappa shape index (κ2) is 7.42. The summed E-state index contributed by atoms with van der Waals surface area (Å²) in [5, 5.41) is 0. The molecule has 1 amide bonds. The molecule has 0 bridgehead atoms. The zero-order valence-corrected chi connectivity index (χ0v) is 12.3. The molecule has 7 heteroatoms. The number of hydrogen-bond donors (Lipinski definition) is 0. The van der Waals surface area contributed by atoms with Crippen LogP contribution in [0.3, 0.4) is 0 Å². The monoisotopic (exact) mass is 280 g/mol. The molecule has 7 nitrogen and oxygen atoms in total. The van der Waals surface area contributed by atoms with Gasteiger partial charge in [-0.3, -0.25) is 9.78 Å². The average Bonchev–Trinajstić information content (AvgIpc) is 2.47. The van der Waals surface area contributed by atoms with E-state index in [1.165, 1.54) is 19.5 Å². The van der Waals surface area contributed by atoms with Crippen molar-refractivity contribution in [1.29, 1.82) is 0 Å². The Hall–Kier alpha value is -2.18. The summed E-state index contributed by atoms with van der Waals surface area (Å²) in [7, 11) is 3.01. The molecule has 110 valence electrons. The fraction of sp³-hybridized carbons (Fsp3) is 0.538. The van der Waals surface area contributed by atoms with Gasteiger partial charge in [-0.05, 0) is 13.8 Å². The van der Waals surface area contributed by atoms with Crippen molar-refractivity contribution in [3.63, 3.8) is 0 Å². The van der Waals surface area contributed by atoms with Crippen molar-refractivity contribution >= 4 is 17.7 Å². The van der Waals surface area contributed by atoms with Crippen LogP contribution in [0.2, 0.25) is 0 Å². The van der Waals surface area contributed by atoms with Crippen molar-refractivity contribution in [2.75, 3.05) is 38.7 Å². The molecule has 0 spiro atoms. The Bertz CT molecular complexity index is 474. The van der Waals surface area contributed by atoms with Crippen LogP contribution < -0.4 is 4.90 Å². The van der Waals surface area contributed by atoms with E-state index in [-0.39, 0.29) is 18.1 Å². The summed E-state index contributed by atoms with van der Waals surface area (Å²) < 4.78 is 4.59. The number of rotatable bonds is 6. The standard InChI is InChI=1S/C13H20N4O3/c1-5-17(6-2)12(18)9-16(3)11-8-14-7-10(15-11)13(19)20-4/h7-8H,5-6,9H2,1-4H3. The van der Waals surface area contributed by atoms with Crippen LogP contribution in [0.25, 0.3) is 0 Å². The van der Waals surface area contributed by atoms with Crippen LogP contribution >= 0.6 is 0 Å². The van der Waals surface area contributed by atoms with Gasteiger partial charge < -0.3 is 14.5 Å². The maximum absolute atomic E-state index is 12.0. The highest BCUT2D eigenvalue weighted by atomic mass is 16.5. The van der Waals surface area contributed by atoms with E-state index in [0.717, 1.165) is 0 Å². The van der Waals surface area contributed by atoms with Crippen LogP contribution in [0.15, 0.2) is 12.4 Å². The smallest absolute Gasteiger partial charge is 0.358 e. The molecule has 20 heavy (non-hydrogen) atoms. The van der Waals surface area contributed by atoms with Gasteiger partial charge in [0.1, 0.15) is 5.82 Å². The molecular formula is C13H20N4O3. The van der Waals surface area contributed by atoms with Crippen LogP contribution in [-0.2, 0) is 9.53 Å². The molecule has 1 rings (SSSR count). The molecule has 0 atom stereocenters. The van der Waals surface area contributed by atoms with E-state index >= 15 is 0 Å². The van der Waals surface area contributed by atoms with Gasteiger partial charge in [0.05, 0.1) is 26.0 Å². The van der Waals surface area contributed by atoms with E-state index in [0.29, 0.717) is 18.9 Å². The highest BCUT2D eigenvalue weighted by molar-refractivity contribution is 5.87. The number of aromatic nitrogens is 2. The molecule has 0 aliphatic carbocycles. The molecule has 0 aliphatic rings. The lowest BCUT2D eigenvalue weighted by Crippen LogP contribution is -2.39. The predicted molar refractivity (Wildman–Crippen MR) is 74.6 cm³/mol. The van der Waals surface area contributed by atoms with E-state index in [1.807, 2.05) is 13.8 Å². The minimum Gasteiger partial charge on any atom is -0.464 e. The van der Waals surface area contributed by atoms with Crippen molar-refractivity contribution < 1.29 is 14.3 Å². The highest BCUT2D eigenvalue weighted by Gasteiger charge is 2.15. The maximum Gasteiger partial charge on any atom is 0.358 e. The summed E-state index contributed by atoms with van der Waals surface area (Å²) in [6, 6.07) is 0. The van der Waals surface area contributed by atoms with E-state index in [9.17, 15) is 9.59 Å². The molecule has 0 fully saturated rings. The summed E-state index contributed by atoms with van der Waals surface area (Å²) in [5.74, 6) is -0.0982. The Kier molecular flexibility index (Phi) is 5.89. The third-order valence-corrected chi connectivity index (χ3v) is 2.90. The Morgan fingerprint density at radius 2 is 1.90 bits per heavy atom. The summed E-state index contributed by atoms with van der Waals surface area (Å²) in [5.41, 5.74) is 0.118. The molecule has 0 saturated heterocycles. The quantitative estimate of drug-likeness (QED) is 0.709. The second-order valence-corrected chi connectivity index (χ2v) is 4.18. The van der Waals surface area contributed by atoms with Gasteiger partial charge >= 0.3 is 5.97 Å². The van der Waals surface area contributed by atoms with E-state index in [4.69, 9.17) is 0 Å². The summed E-state index contributed by atoms with van der Waals surface area (Å²) in [6.07, 6.45) is 2.83. The Balaban J connectivity index is 2.79. The van der Waals surface area contributed by atoms with Gasteiger partial charge in [-0.1, -0.05) is 0 Å². The molecule has 0 N–H and O–H groups in total. The van der Waals surface area contributed by atoms with Gasteiger partial charge in [-0.15, -0.1) is 0 Å². The number of methoxy groups -OCH3 is 1. The van der Waals surface area contributed by atoms with Crippen LogP contribution in [-0.4, -0.2) is 60.5 Å². The number of amides is 1. The molecule has 0 saturated carbocycles. The fourth-order valence-corrected chi connectivity index (χ4v) is 1.70. The molecule has 0 radical (unpaired) electrons. The molecule has 0 unspecified atom stereocenters. The Labute approximate surface area is 118 Å². The van der Waals surface area contributed by atoms with Crippen LogP contribution in [0, 0.1) is 0 Å². The van der Waals surface area contributed by atoms with Gasteiger partial charge in [0.25, 0.3) is 0 Å². The van der Waals surface area contributed by atoms with Gasteiger partial charge in [-0.2, -0.15) is 0 Å². The first-order valence-electron chi connectivity index (χ1n) is 6.42.